The van der Waals surface area contributed by atoms with Crippen LogP contribution in [0, 0.1) is 5.92 Å². The first-order valence-electron chi connectivity index (χ1n) is 4.96. The number of rotatable bonds is 7. The van der Waals surface area contributed by atoms with E-state index >= 15 is 0 Å². The maximum Gasteiger partial charge on any atom is 0.0564 e. The third-order valence-electron chi connectivity index (χ3n) is 2.17. The van der Waals surface area contributed by atoms with Crippen LogP contribution >= 0.6 is 0 Å². The fraction of sp³-hybridized carbons (Fsp3) is 1.00. The van der Waals surface area contributed by atoms with Gasteiger partial charge in [0.2, 0.25) is 0 Å². The fourth-order valence-corrected chi connectivity index (χ4v) is 1.11. The van der Waals surface area contributed by atoms with Crippen molar-refractivity contribution in [2.75, 3.05) is 13.2 Å². The minimum Gasteiger partial charge on any atom is -0.393 e. The number of hydrogen-bond acceptors (Lipinski definition) is 2. The molecule has 1 N–H and O–H groups in total. The minimum atomic E-state index is -0.175. The van der Waals surface area contributed by atoms with Crippen LogP contribution in [0.1, 0.15) is 40.0 Å². The van der Waals surface area contributed by atoms with Crippen molar-refractivity contribution in [1.29, 1.82) is 0 Å². The fourth-order valence-electron chi connectivity index (χ4n) is 1.11. The standard InChI is InChI=1S/C10H22O2/c1-4-9(3)8-10(11)6-7-12-5-2/h9-11H,4-8H2,1-3H3. The molecule has 0 saturated carbocycles. The summed E-state index contributed by atoms with van der Waals surface area (Å²) in [4.78, 5) is 0. The summed E-state index contributed by atoms with van der Waals surface area (Å²) in [6.45, 7) is 7.73. The average Bonchev–Trinajstić information content (AvgIpc) is 2.05. The molecule has 0 rings (SSSR count). The maximum absolute atomic E-state index is 9.50. The predicted octanol–water partition coefficient (Wildman–Crippen LogP) is 2.21. The first-order chi connectivity index (χ1) is 5.70. The van der Waals surface area contributed by atoms with Gasteiger partial charge in [-0.25, -0.2) is 0 Å². The van der Waals surface area contributed by atoms with Gasteiger partial charge >= 0.3 is 0 Å². The Balaban J connectivity index is 3.26. The lowest BCUT2D eigenvalue weighted by molar-refractivity contribution is 0.0760. The molecule has 0 heterocycles. The highest BCUT2D eigenvalue weighted by molar-refractivity contribution is 4.59. The Morgan fingerprint density at radius 1 is 1.33 bits per heavy atom. The van der Waals surface area contributed by atoms with Crippen molar-refractivity contribution in [3.63, 3.8) is 0 Å². The average molecular weight is 174 g/mol. The van der Waals surface area contributed by atoms with Gasteiger partial charge in [0.05, 0.1) is 6.10 Å². The molecule has 0 fully saturated rings. The molecule has 0 radical (unpaired) electrons. The summed E-state index contributed by atoms with van der Waals surface area (Å²) < 4.78 is 5.16. The Hall–Kier alpha value is -0.0800. The van der Waals surface area contributed by atoms with Gasteiger partial charge in [0.25, 0.3) is 0 Å². The molecule has 0 aromatic carbocycles. The third-order valence-corrected chi connectivity index (χ3v) is 2.17. The van der Waals surface area contributed by atoms with E-state index in [0.29, 0.717) is 12.5 Å². The van der Waals surface area contributed by atoms with Crippen LogP contribution in [0.25, 0.3) is 0 Å². The normalized spacial score (nSPS) is 16.0. The lowest BCUT2D eigenvalue weighted by Crippen LogP contribution is -2.14. The molecular weight excluding hydrogens is 152 g/mol. The second kappa shape index (κ2) is 7.56. The Morgan fingerprint density at radius 3 is 2.50 bits per heavy atom. The van der Waals surface area contributed by atoms with Gasteiger partial charge in [0.15, 0.2) is 0 Å². The SMILES string of the molecule is CCOCCC(O)CC(C)CC. The first-order valence-corrected chi connectivity index (χ1v) is 4.96. The van der Waals surface area contributed by atoms with Gasteiger partial charge in [-0.2, -0.15) is 0 Å². The van der Waals surface area contributed by atoms with Crippen molar-refractivity contribution in [3.05, 3.63) is 0 Å². The highest BCUT2D eigenvalue weighted by Gasteiger charge is 2.07. The molecule has 2 nitrogen and oxygen atoms in total. The van der Waals surface area contributed by atoms with E-state index in [2.05, 4.69) is 13.8 Å². The third kappa shape index (κ3) is 6.62. The van der Waals surface area contributed by atoms with E-state index in [9.17, 15) is 5.11 Å². The van der Waals surface area contributed by atoms with Crippen LogP contribution in [0.3, 0.4) is 0 Å². The largest absolute Gasteiger partial charge is 0.393 e. The van der Waals surface area contributed by atoms with Crippen LogP contribution in [0.2, 0.25) is 0 Å². The van der Waals surface area contributed by atoms with Gasteiger partial charge in [-0.15, -0.1) is 0 Å². The highest BCUT2D eigenvalue weighted by atomic mass is 16.5. The summed E-state index contributed by atoms with van der Waals surface area (Å²) in [6.07, 6.45) is 2.65. The van der Waals surface area contributed by atoms with Gasteiger partial charge in [-0.05, 0) is 25.7 Å². The number of hydrogen-bond donors (Lipinski definition) is 1. The summed E-state index contributed by atoms with van der Waals surface area (Å²) in [5.41, 5.74) is 0. The van der Waals surface area contributed by atoms with E-state index in [4.69, 9.17) is 4.74 Å². The van der Waals surface area contributed by atoms with E-state index in [1.54, 1.807) is 0 Å². The van der Waals surface area contributed by atoms with E-state index in [1.807, 2.05) is 6.92 Å². The number of ether oxygens (including phenoxy) is 1. The Bertz CT molecular complexity index is 93.8. The zero-order valence-corrected chi connectivity index (χ0v) is 8.55. The van der Waals surface area contributed by atoms with E-state index in [0.717, 1.165) is 25.9 Å². The monoisotopic (exact) mass is 174 g/mol. The second-order valence-corrected chi connectivity index (χ2v) is 3.39. The molecule has 0 amide bonds. The Morgan fingerprint density at radius 2 is 2.00 bits per heavy atom. The zero-order chi connectivity index (χ0) is 9.40. The van der Waals surface area contributed by atoms with E-state index < -0.39 is 0 Å². The maximum atomic E-state index is 9.50. The Kier molecular flexibility index (Phi) is 7.51. The zero-order valence-electron chi connectivity index (χ0n) is 8.55. The van der Waals surface area contributed by atoms with Gasteiger partial charge < -0.3 is 9.84 Å². The molecule has 12 heavy (non-hydrogen) atoms. The van der Waals surface area contributed by atoms with E-state index in [1.165, 1.54) is 0 Å². The molecule has 0 saturated heterocycles. The lowest BCUT2D eigenvalue weighted by Gasteiger charge is -2.14. The summed E-state index contributed by atoms with van der Waals surface area (Å²) in [5, 5.41) is 9.50. The van der Waals surface area contributed by atoms with Crippen molar-refractivity contribution in [1.82, 2.24) is 0 Å². The molecular formula is C10H22O2. The topological polar surface area (TPSA) is 29.5 Å². The van der Waals surface area contributed by atoms with E-state index in [-0.39, 0.29) is 6.10 Å². The van der Waals surface area contributed by atoms with Crippen molar-refractivity contribution in [3.8, 4) is 0 Å². The molecule has 0 aromatic heterocycles. The first kappa shape index (κ1) is 11.9. The minimum absolute atomic E-state index is 0.175. The van der Waals surface area contributed by atoms with Gasteiger partial charge in [-0.1, -0.05) is 20.3 Å². The van der Waals surface area contributed by atoms with Crippen molar-refractivity contribution in [2.45, 2.75) is 46.1 Å². The van der Waals surface area contributed by atoms with Crippen LogP contribution in [0.5, 0.6) is 0 Å². The van der Waals surface area contributed by atoms with Crippen LogP contribution in [-0.4, -0.2) is 24.4 Å². The number of aliphatic hydroxyl groups is 1. The number of aliphatic hydroxyl groups excluding tert-OH is 1. The molecule has 0 aliphatic rings. The van der Waals surface area contributed by atoms with Gasteiger partial charge in [-0.3, -0.25) is 0 Å². The molecule has 2 atom stereocenters. The van der Waals surface area contributed by atoms with Crippen LogP contribution in [0.4, 0.5) is 0 Å². The Labute approximate surface area is 75.9 Å². The molecule has 0 spiro atoms. The summed E-state index contributed by atoms with van der Waals surface area (Å²) in [7, 11) is 0. The quantitative estimate of drug-likeness (QED) is 0.600. The molecule has 0 aromatic rings. The molecule has 2 heteroatoms. The lowest BCUT2D eigenvalue weighted by atomic mass is 10.00. The molecule has 74 valence electrons. The van der Waals surface area contributed by atoms with Crippen molar-refractivity contribution in [2.24, 2.45) is 5.92 Å². The van der Waals surface area contributed by atoms with Gasteiger partial charge in [0.1, 0.15) is 0 Å². The predicted molar refractivity (Wildman–Crippen MR) is 51.2 cm³/mol. The summed E-state index contributed by atoms with van der Waals surface area (Å²) in [6, 6.07) is 0. The molecule has 0 bridgehead atoms. The van der Waals surface area contributed by atoms with Crippen LogP contribution < -0.4 is 0 Å². The van der Waals surface area contributed by atoms with Crippen molar-refractivity contribution < 1.29 is 9.84 Å². The van der Waals surface area contributed by atoms with Gasteiger partial charge in [0, 0.05) is 13.2 Å². The molecule has 0 aliphatic carbocycles. The molecule has 0 aliphatic heterocycles. The summed E-state index contributed by atoms with van der Waals surface area (Å²) in [5.74, 6) is 0.627. The van der Waals surface area contributed by atoms with Crippen LogP contribution in [0.15, 0.2) is 0 Å². The second-order valence-electron chi connectivity index (χ2n) is 3.39. The smallest absolute Gasteiger partial charge is 0.0564 e. The molecule has 2 unspecified atom stereocenters. The summed E-state index contributed by atoms with van der Waals surface area (Å²) >= 11 is 0. The van der Waals surface area contributed by atoms with Crippen molar-refractivity contribution >= 4 is 0 Å². The van der Waals surface area contributed by atoms with Crippen LogP contribution in [-0.2, 0) is 4.74 Å². The highest BCUT2D eigenvalue weighted by Crippen LogP contribution is 2.11.